The number of morpholine rings is 1. The van der Waals surface area contributed by atoms with Crippen molar-refractivity contribution in [2.24, 2.45) is 0 Å². The molecule has 0 amide bonds. The van der Waals surface area contributed by atoms with E-state index in [4.69, 9.17) is 14.7 Å². The molecule has 3 aromatic heterocycles. The van der Waals surface area contributed by atoms with Gasteiger partial charge in [-0.25, -0.2) is 9.97 Å². The molecular formula is C19H24N4OS2. The van der Waals surface area contributed by atoms with Crippen molar-refractivity contribution in [3.8, 4) is 0 Å². The molecule has 4 rings (SSSR count). The summed E-state index contributed by atoms with van der Waals surface area (Å²) in [4.78, 5) is 18.3. The predicted molar refractivity (Wildman–Crippen MR) is 109 cm³/mol. The van der Waals surface area contributed by atoms with Crippen LogP contribution < -0.4 is 4.90 Å². The third-order valence-corrected chi connectivity index (χ3v) is 6.82. The van der Waals surface area contributed by atoms with Crippen LogP contribution in [0.5, 0.6) is 0 Å². The molecule has 1 fully saturated rings. The lowest BCUT2D eigenvalue weighted by Crippen LogP contribution is -2.36. The molecule has 0 bridgehead atoms. The van der Waals surface area contributed by atoms with Crippen LogP contribution in [0.2, 0.25) is 0 Å². The highest BCUT2D eigenvalue weighted by Gasteiger charge is 2.19. The summed E-state index contributed by atoms with van der Waals surface area (Å²) < 4.78 is 5.46. The highest BCUT2D eigenvalue weighted by Crippen LogP contribution is 2.35. The van der Waals surface area contributed by atoms with Gasteiger partial charge >= 0.3 is 0 Å². The lowest BCUT2D eigenvalue weighted by molar-refractivity contribution is 0.0331. The number of anilines is 1. The zero-order chi connectivity index (χ0) is 18.1. The molecule has 1 saturated heterocycles. The second kappa shape index (κ2) is 7.60. The SMILES string of the molecule is Cc1sc2nc(CN3CCOCC3)nc(N(C)Cc3cccs3)c2c1C. The number of ether oxygens (including phenoxy) is 1. The maximum absolute atomic E-state index is 5.46. The zero-order valence-electron chi connectivity index (χ0n) is 15.5. The largest absolute Gasteiger partial charge is 0.379 e. The van der Waals surface area contributed by atoms with Crippen LogP contribution in [-0.4, -0.2) is 48.2 Å². The smallest absolute Gasteiger partial charge is 0.146 e. The first-order valence-electron chi connectivity index (χ1n) is 8.92. The third kappa shape index (κ3) is 3.62. The van der Waals surface area contributed by atoms with Gasteiger partial charge in [0.25, 0.3) is 0 Å². The molecule has 0 saturated carbocycles. The molecule has 0 unspecified atom stereocenters. The summed E-state index contributed by atoms with van der Waals surface area (Å²) in [6.07, 6.45) is 0. The number of thiophene rings is 2. The summed E-state index contributed by atoms with van der Waals surface area (Å²) in [5.74, 6) is 1.96. The molecule has 4 heterocycles. The second-order valence-electron chi connectivity index (χ2n) is 6.75. The van der Waals surface area contributed by atoms with E-state index in [1.54, 1.807) is 22.7 Å². The summed E-state index contributed by atoms with van der Waals surface area (Å²) in [6.45, 7) is 9.50. The maximum Gasteiger partial charge on any atom is 0.146 e. The quantitative estimate of drug-likeness (QED) is 0.664. The number of aryl methyl sites for hydroxylation is 2. The number of rotatable bonds is 5. The van der Waals surface area contributed by atoms with Gasteiger partial charge in [0.1, 0.15) is 16.5 Å². The molecule has 0 atom stereocenters. The van der Waals surface area contributed by atoms with Crippen LogP contribution in [0.25, 0.3) is 10.2 Å². The molecule has 1 aliphatic heterocycles. The number of nitrogens with zero attached hydrogens (tertiary/aromatic N) is 4. The van der Waals surface area contributed by atoms with Crippen LogP contribution in [-0.2, 0) is 17.8 Å². The third-order valence-electron chi connectivity index (χ3n) is 4.86. The van der Waals surface area contributed by atoms with E-state index in [1.807, 2.05) is 0 Å². The lowest BCUT2D eigenvalue weighted by atomic mass is 10.2. The van der Waals surface area contributed by atoms with E-state index in [0.717, 1.165) is 55.9 Å². The first kappa shape index (κ1) is 17.9. The van der Waals surface area contributed by atoms with E-state index in [1.165, 1.54) is 20.7 Å². The fourth-order valence-corrected chi connectivity index (χ4v) is 5.09. The molecule has 3 aromatic rings. The van der Waals surface area contributed by atoms with Crippen LogP contribution in [0, 0.1) is 13.8 Å². The minimum absolute atomic E-state index is 0.787. The molecule has 0 N–H and O–H groups in total. The first-order valence-corrected chi connectivity index (χ1v) is 10.6. The summed E-state index contributed by atoms with van der Waals surface area (Å²) in [7, 11) is 2.13. The number of hydrogen-bond donors (Lipinski definition) is 0. The van der Waals surface area contributed by atoms with Gasteiger partial charge in [0, 0.05) is 29.9 Å². The van der Waals surface area contributed by atoms with Crippen LogP contribution in [0.4, 0.5) is 5.82 Å². The van der Waals surface area contributed by atoms with Gasteiger partial charge in [-0.3, -0.25) is 4.90 Å². The average molecular weight is 389 g/mol. The van der Waals surface area contributed by atoms with Crippen LogP contribution in [0.3, 0.4) is 0 Å². The summed E-state index contributed by atoms with van der Waals surface area (Å²) in [5.41, 5.74) is 1.30. The maximum atomic E-state index is 5.46. The highest BCUT2D eigenvalue weighted by molar-refractivity contribution is 7.18. The van der Waals surface area contributed by atoms with Crippen molar-refractivity contribution >= 4 is 38.7 Å². The first-order chi connectivity index (χ1) is 12.6. The van der Waals surface area contributed by atoms with Gasteiger partial charge in [-0.1, -0.05) is 6.07 Å². The van der Waals surface area contributed by atoms with Crippen LogP contribution in [0.15, 0.2) is 17.5 Å². The molecule has 0 aromatic carbocycles. The van der Waals surface area contributed by atoms with Crippen molar-refractivity contribution in [1.82, 2.24) is 14.9 Å². The average Bonchev–Trinajstić information content (AvgIpc) is 3.24. The van der Waals surface area contributed by atoms with E-state index < -0.39 is 0 Å². The summed E-state index contributed by atoms with van der Waals surface area (Å²) >= 11 is 3.56. The number of fused-ring (bicyclic) bond motifs is 1. The topological polar surface area (TPSA) is 41.5 Å². The minimum atomic E-state index is 0.787. The monoisotopic (exact) mass is 388 g/mol. The van der Waals surface area contributed by atoms with Gasteiger partial charge in [0.15, 0.2) is 0 Å². The van der Waals surface area contributed by atoms with Gasteiger partial charge in [-0.2, -0.15) is 0 Å². The van der Waals surface area contributed by atoms with Crippen molar-refractivity contribution < 1.29 is 4.74 Å². The highest BCUT2D eigenvalue weighted by atomic mass is 32.1. The molecular weight excluding hydrogens is 364 g/mol. The molecule has 5 nitrogen and oxygen atoms in total. The van der Waals surface area contributed by atoms with E-state index in [0.29, 0.717) is 0 Å². The molecule has 0 radical (unpaired) electrons. The van der Waals surface area contributed by atoms with Gasteiger partial charge in [0.2, 0.25) is 0 Å². The Hall–Kier alpha value is -1.54. The Morgan fingerprint density at radius 3 is 2.77 bits per heavy atom. The Morgan fingerprint density at radius 2 is 2.04 bits per heavy atom. The lowest BCUT2D eigenvalue weighted by Gasteiger charge is -2.26. The Bertz CT molecular complexity index is 885. The molecule has 0 aliphatic carbocycles. The predicted octanol–water partition coefficient (Wildman–Crippen LogP) is 3.84. The van der Waals surface area contributed by atoms with E-state index in [9.17, 15) is 0 Å². The van der Waals surface area contributed by atoms with Crippen LogP contribution in [0.1, 0.15) is 21.1 Å². The fraction of sp³-hybridized carbons (Fsp3) is 0.474. The second-order valence-corrected chi connectivity index (χ2v) is 8.99. The van der Waals surface area contributed by atoms with Crippen LogP contribution >= 0.6 is 22.7 Å². The van der Waals surface area contributed by atoms with Gasteiger partial charge in [-0.05, 0) is 30.9 Å². The Kier molecular flexibility index (Phi) is 5.22. The van der Waals surface area contributed by atoms with Crippen molar-refractivity contribution in [3.05, 3.63) is 38.7 Å². The van der Waals surface area contributed by atoms with Gasteiger partial charge in [0.05, 0.1) is 31.7 Å². The molecule has 26 heavy (non-hydrogen) atoms. The Balaban J connectivity index is 1.70. The Morgan fingerprint density at radius 1 is 1.23 bits per heavy atom. The zero-order valence-corrected chi connectivity index (χ0v) is 17.1. The van der Waals surface area contributed by atoms with E-state index in [2.05, 4.69) is 48.2 Å². The van der Waals surface area contributed by atoms with Gasteiger partial charge < -0.3 is 9.64 Å². The minimum Gasteiger partial charge on any atom is -0.379 e. The van der Waals surface area contributed by atoms with Gasteiger partial charge in [-0.15, -0.1) is 22.7 Å². The summed E-state index contributed by atoms with van der Waals surface area (Å²) in [5, 5.41) is 3.33. The van der Waals surface area contributed by atoms with Crippen molar-refractivity contribution in [1.29, 1.82) is 0 Å². The number of aromatic nitrogens is 2. The van der Waals surface area contributed by atoms with Crippen molar-refractivity contribution in [3.63, 3.8) is 0 Å². The van der Waals surface area contributed by atoms with E-state index >= 15 is 0 Å². The Labute approximate surface area is 162 Å². The van der Waals surface area contributed by atoms with Crippen molar-refractivity contribution in [2.45, 2.75) is 26.9 Å². The normalized spacial score (nSPS) is 15.7. The summed E-state index contributed by atoms with van der Waals surface area (Å²) in [6, 6.07) is 4.28. The number of hydrogen-bond acceptors (Lipinski definition) is 7. The molecule has 1 aliphatic rings. The molecule has 0 spiro atoms. The van der Waals surface area contributed by atoms with E-state index in [-0.39, 0.29) is 0 Å². The fourth-order valence-electron chi connectivity index (χ4n) is 3.29. The van der Waals surface area contributed by atoms with Crippen molar-refractivity contribution in [2.75, 3.05) is 38.3 Å². The standard InChI is InChI=1S/C19H24N4OS2/c1-13-14(2)26-19-17(13)18(22(3)11-15-5-4-10-25-15)20-16(21-19)12-23-6-8-24-9-7-23/h4-5,10H,6-9,11-12H2,1-3H3. The molecule has 7 heteroatoms. The molecule has 138 valence electrons.